The number of hydrogen-bond donors (Lipinski definition) is 2. The summed E-state index contributed by atoms with van der Waals surface area (Å²) < 4.78 is 30.4. The van der Waals surface area contributed by atoms with Gasteiger partial charge >= 0.3 is 10.2 Å². The maximum absolute atomic E-state index is 11.8. The Kier molecular flexibility index (Phi) is 11.1. The van der Waals surface area contributed by atoms with Crippen molar-refractivity contribution in [3.63, 3.8) is 0 Å². The van der Waals surface area contributed by atoms with Crippen molar-refractivity contribution < 1.29 is 8.42 Å². The summed E-state index contributed by atoms with van der Waals surface area (Å²) in [5.41, 5.74) is 0. The van der Waals surface area contributed by atoms with E-state index in [1.165, 1.54) is 0 Å². The predicted octanol–water partition coefficient (Wildman–Crippen LogP) is 5.86. The second-order valence-corrected chi connectivity index (χ2v) is 15.8. The summed E-state index contributed by atoms with van der Waals surface area (Å²) in [6, 6.07) is 0. The van der Waals surface area contributed by atoms with Gasteiger partial charge in [0.1, 0.15) is 0 Å². The standard InChI is InChI=1S/C8H20Cl4N4O2P2S/c1-3-5-7-13-19(9,10)15-21(17,18)16-20(11,12)14-8-6-4-2/h13-14H,3-8H2,1-2H3. The van der Waals surface area contributed by atoms with Crippen molar-refractivity contribution in [1.82, 2.24) is 10.2 Å². The SMILES string of the molecule is CCCCNP(Cl)(Cl)=NS(=O)(=O)N=P(Cl)(Cl)NCCCC. The van der Waals surface area contributed by atoms with Crippen LogP contribution in [0.4, 0.5) is 0 Å². The van der Waals surface area contributed by atoms with Crippen LogP contribution in [-0.4, -0.2) is 21.5 Å². The molecule has 0 aliphatic carbocycles. The van der Waals surface area contributed by atoms with Gasteiger partial charge in [-0.15, -0.1) is 8.30 Å². The van der Waals surface area contributed by atoms with Gasteiger partial charge in [-0.3, -0.25) is 10.2 Å². The lowest BCUT2D eigenvalue weighted by Crippen LogP contribution is -2.08. The normalized spacial score (nSPS) is 13.2. The van der Waals surface area contributed by atoms with E-state index < -0.39 is 22.0 Å². The van der Waals surface area contributed by atoms with Gasteiger partial charge in [0.05, 0.1) is 0 Å². The van der Waals surface area contributed by atoms with Crippen LogP contribution in [0.3, 0.4) is 0 Å². The quantitative estimate of drug-likeness (QED) is 0.330. The molecule has 0 unspecified atom stereocenters. The monoisotopic (exact) mass is 438 g/mol. The highest BCUT2D eigenvalue weighted by Gasteiger charge is 2.21. The van der Waals surface area contributed by atoms with Crippen LogP contribution in [-0.2, 0) is 10.2 Å². The van der Waals surface area contributed by atoms with Gasteiger partial charge in [-0.25, -0.2) is 0 Å². The molecular weight excluding hydrogens is 420 g/mol. The van der Waals surface area contributed by atoms with Crippen molar-refractivity contribution in [2.75, 3.05) is 13.1 Å². The van der Waals surface area contributed by atoms with Gasteiger partial charge < -0.3 is 0 Å². The van der Waals surface area contributed by atoms with Gasteiger partial charge in [-0.1, -0.05) is 26.7 Å². The summed E-state index contributed by atoms with van der Waals surface area (Å²) in [7, 11) is -4.28. The number of unbranched alkanes of at least 4 members (excludes halogenated alkanes) is 2. The van der Waals surface area contributed by atoms with Crippen LogP contribution in [0.15, 0.2) is 8.30 Å². The molecule has 0 aromatic rings. The van der Waals surface area contributed by atoms with Crippen LogP contribution in [0.25, 0.3) is 0 Å². The Balaban J connectivity index is 5.02. The molecule has 0 spiro atoms. The van der Waals surface area contributed by atoms with E-state index in [9.17, 15) is 8.42 Å². The first-order valence-electron chi connectivity index (χ1n) is 6.34. The molecule has 0 radical (unpaired) electrons. The number of nitrogens with zero attached hydrogens (tertiary/aromatic N) is 2. The average molecular weight is 440 g/mol. The lowest BCUT2D eigenvalue weighted by molar-refractivity contribution is 0.601. The van der Waals surface area contributed by atoms with Gasteiger partial charge in [-0.2, -0.15) is 8.42 Å². The molecule has 0 amide bonds. The Morgan fingerprint density at radius 1 is 0.857 bits per heavy atom. The van der Waals surface area contributed by atoms with Crippen molar-refractivity contribution in [3.8, 4) is 0 Å². The molecule has 0 heterocycles. The minimum absolute atomic E-state index is 0.465. The molecule has 6 nitrogen and oxygen atoms in total. The van der Waals surface area contributed by atoms with Crippen molar-refractivity contribution in [2.45, 2.75) is 39.5 Å². The highest BCUT2D eigenvalue weighted by Crippen LogP contribution is 2.60. The lowest BCUT2D eigenvalue weighted by Gasteiger charge is -2.11. The predicted molar refractivity (Wildman–Crippen MR) is 96.8 cm³/mol. The molecule has 0 fully saturated rings. The van der Waals surface area contributed by atoms with Gasteiger partial charge in [-0.05, 0) is 57.8 Å². The summed E-state index contributed by atoms with van der Waals surface area (Å²) in [6.07, 6.45) is 3.43. The van der Waals surface area contributed by atoms with E-state index in [0.29, 0.717) is 13.1 Å². The van der Waals surface area contributed by atoms with E-state index in [1.54, 1.807) is 0 Å². The van der Waals surface area contributed by atoms with E-state index >= 15 is 0 Å². The lowest BCUT2D eigenvalue weighted by atomic mass is 10.3. The number of hydrogen-bond acceptors (Lipinski definition) is 2. The minimum Gasteiger partial charge on any atom is -0.259 e. The number of halogens is 4. The number of nitrogens with one attached hydrogen (secondary N) is 2. The Morgan fingerprint density at radius 3 is 1.48 bits per heavy atom. The van der Waals surface area contributed by atoms with E-state index in [2.05, 4.69) is 18.5 Å². The van der Waals surface area contributed by atoms with Gasteiger partial charge in [0, 0.05) is 13.1 Å². The molecule has 0 aliphatic heterocycles. The fourth-order valence-corrected chi connectivity index (χ4v) is 8.75. The van der Waals surface area contributed by atoms with E-state index in [4.69, 9.17) is 45.0 Å². The molecule has 2 N–H and O–H groups in total. The van der Waals surface area contributed by atoms with Crippen molar-refractivity contribution in [3.05, 3.63) is 0 Å². The zero-order valence-electron chi connectivity index (χ0n) is 11.8. The summed E-state index contributed by atoms with van der Waals surface area (Å²) in [5.74, 6) is -6.40. The van der Waals surface area contributed by atoms with Crippen LogP contribution in [0.2, 0.25) is 0 Å². The zero-order valence-corrected chi connectivity index (χ0v) is 17.4. The van der Waals surface area contributed by atoms with Gasteiger partial charge in [0.15, 0.2) is 0 Å². The largest absolute Gasteiger partial charge is 0.367 e. The zero-order chi connectivity index (χ0) is 16.6. The molecule has 0 saturated carbocycles. The highest BCUT2D eigenvalue weighted by molar-refractivity contribution is 8.16. The fourth-order valence-electron chi connectivity index (χ4n) is 1.11. The van der Waals surface area contributed by atoms with E-state index in [0.717, 1.165) is 25.7 Å². The molecule has 0 saturated heterocycles. The minimum atomic E-state index is -4.28. The van der Waals surface area contributed by atoms with E-state index in [-0.39, 0.29) is 0 Å². The maximum atomic E-state index is 11.8. The first kappa shape index (κ1) is 22.5. The Morgan fingerprint density at radius 2 is 1.19 bits per heavy atom. The van der Waals surface area contributed by atoms with E-state index in [1.807, 2.05) is 13.8 Å². The molecular formula is C8H20Cl4N4O2P2S. The molecule has 0 bridgehead atoms. The second-order valence-electron chi connectivity index (χ2n) is 4.10. The topological polar surface area (TPSA) is 82.9 Å². The molecule has 13 heteroatoms. The average Bonchev–Trinajstić information content (AvgIpc) is 2.25. The van der Waals surface area contributed by atoms with Crippen LogP contribution in [0.5, 0.6) is 0 Å². The molecule has 0 rings (SSSR count). The summed E-state index contributed by atoms with van der Waals surface area (Å²) >= 11 is 23.5. The summed E-state index contributed by atoms with van der Waals surface area (Å²) in [6.45, 7) is 4.89. The molecule has 0 atom stereocenters. The highest BCUT2D eigenvalue weighted by atomic mass is 35.9. The van der Waals surface area contributed by atoms with Gasteiger partial charge in [0.2, 0.25) is 11.8 Å². The fraction of sp³-hybridized carbons (Fsp3) is 1.00. The Labute approximate surface area is 146 Å². The van der Waals surface area contributed by atoms with Crippen LogP contribution >= 0.6 is 56.8 Å². The Hall–Kier alpha value is 1.49. The third kappa shape index (κ3) is 12.6. The first-order chi connectivity index (χ1) is 9.54. The van der Waals surface area contributed by atoms with Crippen molar-refractivity contribution in [1.29, 1.82) is 0 Å². The Bertz CT molecular complexity index is 476. The van der Waals surface area contributed by atoms with Crippen molar-refractivity contribution >= 4 is 67.0 Å². The van der Waals surface area contributed by atoms with Crippen LogP contribution in [0.1, 0.15) is 39.5 Å². The summed E-state index contributed by atoms with van der Waals surface area (Å²) in [4.78, 5) is 0. The molecule has 0 aromatic heterocycles. The molecule has 0 aliphatic rings. The van der Waals surface area contributed by atoms with Crippen molar-refractivity contribution in [2.24, 2.45) is 8.30 Å². The smallest absolute Gasteiger partial charge is 0.259 e. The molecule has 21 heavy (non-hydrogen) atoms. The maximum Gasteiger partial charge on any atom is 0.367 e. The molecule has 0 aromatic carbocycles. The molecule has 128 valence electrons. The first-order valence-corrected chi connectivity index (χ1v) is 14.8. The second kappa shape index (κ2) is 10.4. The third-order valence-electron chi connectivity index (χ3n) is 2.08. The van der Waals surface area contributed by atoms with Crippen LogP contribution in [0, 0.1) is 0 Å². The van der Waals surface area contributed by atoms with Crippen LogP contribution < -0.4 is 10.2 Å². The van der Waals surface area contributed by atoms with Gasteiger partial charge in [0.25, 0.3) is 0 Å². The summed E-state index contributed by atoms with van der Waals surface area (Å²) in [5, 5.41) is 5.39. The third-order valence-corrected chi connectivity index (χ3v) is 10.2. The number of rotatable bonds is 10.